The number of nitrogens with two attached hydrogens (primary N) is 1. The Hall–Kier alpha value is -2.24. The van der Waals surface area contributed by atoms with E-state index < -0.39 is 36.0 Å². The Morgan fingerprint density at radius 3 is 2.16 bits per heavy atom. The lowest BCUT2D eigenvalue weighted by Gasteiger charge is -2.47. The lowest BCUT2D eigenvalue weighted by Crippen LogP contribution is -2.60. The standard InChI is InChI=1S/C38H66N6O5/c1-38(2,3)43-37(49)32-20-26-14-7-8-15-27(26)22-44(32)23-33(45)30(19-24-11-5-4-6-12-24)41-34(46)21-31(35(39)47)42-36(48)29-18-17-25-13-9-10-16-28(25)40-29/h24-33,40,45H,4-23H2,1-3H3,(H2,39,47)(H,41,46)(H,42,48)(H,43,49)/t25?,26-,27+,28?,29?,30-,31?,32+,33+/m0/s1. The average Bonchev–Trinajstić information content (AvgIpc) is 3.06. The van der Waals surface area contributed by atoms with Crippen LogP contribution in [-0.2, 0) is 19.2 Å². The van der Waals surface area contributed by atoms with Crippen molar-refractivity contribution in [2.75, 3.05) is 13.1 Å². The van der Waals surface area contributed by atoms with Crippen LogP contribution in [0.1, 0.15) is 136 Å². The van der Waals surface area contributed by atoms with Crippen LogP contribution in [0, 0.1) is 23.7 Å². The Labute approximate surface area is 294 Å². The molecule has 0 bridgehead atoms. The number of hydrogen-bond donors (Lipinski definition) is 6. The van der Waals surface area contributed by atoms with Crippen LogP contribution < -0.4 is 27.0 Å². The van der Waals surface area contributed by atoms with E-state index in [9.17, 15) is 24.3 Å². The molecule has 0 radical (unpaired) electrons. The molecule has 4 amide bonds. The van der Waals surface area contributed by atoms with E-state index in [1.807, 2.05) is 20.8 Å². The predicted molar refractivity (Wildman–Crippen MR) is 190 cm³/mol. The molecule has 11 nitrogen and oxygen atoms in total. The highest BCUT2D eigenvalue weighted by Gasteiger charge is 2.42. The van der Waals surface area contributed by atoms with Crippen LogP contribution in [0.5, 0.6) is 0 Å². The number of nitrogens with one attached hydrogen (secondary N) is 4. The maximum Gasteiger partial charge on any atom is 0.240 e. The van der Waals surface area contributed by atoms with E-state index >= 15 is 0 Å². The zero-order valence-corrected chi connectivity index (χ0v) is 30.5. The minimum Gasteiger partial charge on any atom is -0.390 e. The summed E-state index contributed by atoms with van der Waals surface area (Å²) in [7, 11) is 0. The van der Waals surface area contributed by atoms with Crippen molar-refractivity contribution in [2.45, 2.75) is 178 Å². The second-order valence-electron chi connectivity index (χ2n) is 17.3. The Bertz CT molecular complexity index is 1140. The van der Waals surface area contributed by atoms with Crippen LogP contribution in [0.15, 0.2) is 0 Å². The molecule has 278 valence electrons. The van der Waals surface area contributed by atoms with Gasteiger partial charge in [0.05, 0.1) is 30.7 Å². The van der Waals surface area contributed by atoms with Crippen LogP contribution in [0.25, 0.3) is 0 Å². The summed E-state index contributed by atoms with van der Waals surface area (Å²) in [5.74, 6) is 0.556. The Balaban J connectivity index is 1.24. The third-order valence-electron chi connectivity index (χ3n) is 12.4. The number of hydrogen-bond acceptors (Lipinski definition) is 7. The zero-order chi connectivity index (χ0) is 35.1. The summed E-state index contributed by atoms with van der Waals surface area (Å²) >= 11 is 0. The molecule has 5 rings (SSSR count). The van der Waals surface area contributed by atoms with Crippen molar-refractivity contribution in [3.05, 3.63) is 0 Å². The molecule has 3 aliphatic carbocycles. The fourth-order valence-corrected chi connectivity index (χ4v) is 9.74. The van der Waals surface area contributed by atoms with Crippen molar-refractivity contribution >= 4 is 23.6 Å². The predicted octanol–water partition coefficient (Wildman–Crippen LogP) is 3.27. The molecule has 5 aliphatic rings. The largest absolute Gasteiger partial charge is 0.390 e. The maximum atomic E-state index is 13.6. The van der Waals surface area contributed by atoms with Crippen molar-refractivity contribution in [1.82, 2.24) is 26.2 Å². The molecule has 2 aliphatic heterocycles. The first-order valence-electron chi connectivity index (χ1n) is 19.8. The summed E-state index contributed by atoms with van der Waals surface area (Å²) in [5, 5.41) is 24.4. The fourth-order valence-electron chi connectivity index (χ4n) is 9.74. The van der Waals surface area contributed by atoms with Crippen molar-refractivity contribution in [1.29, 1.82) is 0 Å². The van der Waals surface area contributed by atoms with E-state index in [4.69, 9.17) is 5.73 Å². The zero-order valence-electron chi connectivity index (χ0n) is 30.5. The van der Waals surface area contributed by atoms with Crippen LogP contribution in [0.4, 0.5) is 0 Å². The molecule has 0 aromatic carbocycles. The first-order chi connectivity index (χ1) is 23.4. The monoisotopic (exact) mass is 687 g/mol. The quantitative estimate of drug-likeness (QED) is 0.183. The highest BCUT2D eigenvalue weighted by molar-refractivity contribution is 5.92. The summed E-state index contributed by atoms with van der Waals surface area (Å²) in [4.78, 5) is 55.1. The topological polar surface area (TPSA) is 166 Å². The van der Waals surface area contributed by atoms with Gasteiger partial charge in [-0.3, -0.25) is 24.1 Å². The van der Waals surface area contributed by atoms with Crippen LogP contribution in [-0.4, -0.2) is 88.6 Å². The fraction of sp³-hybridized carbons (Fsp3) is 0.895. The molecule has 2 heterocycles. The third kappa shape index (κ3) is 10.9. The van der Waals surface area contributed by atoms with Gasteiger partial charge in [0.15, 0.2) is 0 Å². The highest BCUT2D eigenvalue weighted by atomic mass is 16.3. The van der Waals surface area contributed by atoms with Gasteiger partial charge in [-0.1, -0.05) is 64.2 Å². The number of β-amino-alcohol motifs (C(OH)–C–C–N with tert-alkyl or cyclic N) is 1. The summed E-state index contributed by atoms with van der Waals surface area (Å²) in [6.45, 7) is 7.03. The van der Waals surface area contributed by atoms with Gasteiger partial charge < -0.3 is 32.1 Å². The number of nitrogens with zero attached hydrogens (tertiary/aromatic N) is 1. The van der Waals surface area contributed by atoms with Gasteiger partial charge in [0, 0.05) is 24.7 Å². The van der Waals surface area contributed by atoms with Crippen LogP contribution in [0.2, 0.25) is 0 Å². The van der Waals surface area contributed by atoms with Gasteiger partial charge in [-0.25, -0.2) is 0 Å². The second-order valence-corrected chi connectivity index (χ2v) is 17.3. The average molecular weight is 687 g/mol. The molecule has 11 heteroatoms. The van der Waals surface area contributed by atoms with Crippen molar-refractivity contribution in [3.63, 3.8) is 0 Å². The normalized spacial score (nSPS) is 31.7. The minimum atomic E-state index is -1.14. The maximum absolute atomic E-state index is 13.6. The van der Waals surface area contributed by atoms with E-state index in [0.717, 1.165) is 70.8 Å². The molecule has 0 spiro atoms. The van der Waals surface area contributed by atoms with Gasteiger partial charge in [0.2, 0.25) is 23.6 Å². The van der Waals surface area contributed by atoms with E-state index in [1.165, 1.54) is 32.1 Å². The molecule has 9 atom stereocenters. The molecule has 0 aromatic rings. The molecular weight excluding hydrogens is 620 g/mol. The number of aliphatic hydroxyl groups is 1. The van der Waals surface area contributed by atoms with Crippen molar-refractivity contribution < 1.29 is 24.3 Å². The van der Waals surface area contributed by atoms with Gasteiger partial charge in [-0.05, 0) is 89.4 Å². The number of piperidine rings is 2. The van der Waals surface area contributed by atoms with Crippen LogP contribution >= 0.6 is 0 Å². The summed E-state index contributed by atoms with van der Waals surface area (Å²) in [6, 6.07) is -2.09. The number of likely N-dealkylation sites (tertiary alicyclic amines) is 1. The van der Waals surface area contributed by atoms with Crippen molar-refractivity contribution in [3.8, 4) is 0 Å². The lowest BCUT2D eigenvalue weighted by atomic mass is 9.72. The Morgan fingerprint density at radius 2 is 1.47 bits per heavy atom. The number of carbonyl (C=O) groups is 4. The molecule has 3 saturated carbocycles. The van der Waals surface area contributed by atoms with Gasteiger partial charge >= 0.3 is 0 Å². The van der Waals surface area contributed by atoms with Gasteiger partial charge in [-0.2, -0.15) is 0 Å². The van der Waals surface area contributed by atoms with Crippen LogP contribution in [0.3, 0.4) is 0 Å². The van der Waals surface area contributed by atoms with Gasteiger partial charge in [0.1, 0.15) is 6.04 Å². The summed E-state index contributed by atoms with van der Waals surface area (Å²) in [6.07, 6.45) is 16.9. The number of fused-ring (bicyclic) bond motifs is 2. The molecular formula is C38H66N6O5. The van der Waals surface area contributed by atoms with Crippen molar-refractivity contribution in [2.24, 2.45) is 29.4 Å². The summed E-state index contributed by atoms with van der Waals surface area (Å²) < 4.78 is 0. The first-order valence-corrected chi connectivity index (χ1v) is 19.8. The Morgan fingerprint density at radius 1 is 0.816 bits per heavy atom. The third-order valence-corrected chi connectivity index (χ3v) is 12.4. The number of amides is 4. The van der Waals surface area contributed by atoms with Gasteiger partial charge in [-0.15, -0.1) is 0 Å². The molecule has 2 saturated heterocycles. The SMILES string of the molecule is CC(C)(C)NC(=O)[C@H]1C[C@@H]2CCCC[C@@H]2CN1C[C@@H](O)[C@H](CC1CCCCC1)NC(=O)CC(NC(=O)C1CCC2CCCCC2N1)C(N)=O. The molecule has 49 heavy (non-hydrogen) atoms. The Kier molecular flexibility index (Phi) is 13.4. The molecule has 4 unspecified atom stereocenters. The number of aliphatic hydroxyl groups excluding tert-OH is 1. The molecule has 5 fully saturated rings. The number of rotatable bonds is 12. The number of primary amides is 1. The van der Waals surface area contributed by atoms with E-state index in [2.05, 4.69) is 26.2 Å². The van der Waals surface area contributed by atoms with E-state index in [1.54, 1.807) is 0 Å². The van der Waals surface area contributed by atoms with E-state index in [0.29, 0.717) is 42.6 Å². The smallest absolute Gasteiger partial charge is 0.240 e. The van der Waals surface area contributed by atoms with Gasteiger partial charge in [0.25, 0.3) is 0 Å². The second kappa shape index (κ2) is 17.3. The number of carbonyl (C=O) groups excluding carboxylic acids is 4. The van der Waals surface area contributed by atoms with E-state index in [-0.39, 0.29) is 36.4 Å². The minimum absolute atomic E-state index is 0.00287. The lowest BCUT2D eigenvalue weighted by molar-refractivity contribution is -0.134. The highest BCUT2D eigenvalue weighted by Crippen LogP contribution is 2.39. The summed E-state index contributed by atoms with van der Waals surface area (Å²) in [5.41, 5.74) is 5.36. The molecule has 7 N–H and O–H groups in total. The molecule has 0 aromatic heterocycles. The first kappa shape index (κ1) is 38.0.